The van der Waals surface area contributed by atoms with Crippen LogP contribution in [-0.2, 0) is 4.79 Å². The summed E-state index contributed by atoms with van der Waals surface area (Å²) in [5.74, 6) is 0.594. The van der Waals surface area contributed by atoms with Gasteiger partial charge in [0, 0.05) is 35.6 Å². The molecule has 31 heavy (non-hydrogen) atoms. The Bertz CT molecular complexity index is 1320. The minimum absolute atomic E-state index is 0.00235. The molecule has 0 spiro atoms. The van der Waals surface area contributed by atoms with Crippen molar-refractivity contribution in [3.8, 4) is 17.0 Å². The molecule has 7 heteroatoms. The van der Waals surface area contributed by atoms with Crippen LogP contribution < -0.4 is 16.0 Å². The van der Waals surface area contributed by atoms with E-state index in [9.17, 15) is 9.59 Å². The van der Waals surface area contributed by atoms with E-state index in [1.807, 2.05) is 59.5 Å². The van der Waals surface area contributed by atoms with Gasteiger partial charge in [-0.3, -0.25) is 9.59 Å². The number of carbonyl (C=O) groups is 1. The molecular formula is C24H24N4O3. The Morgan fingerprint density at radius 1 is 1.00 bits per heavy atom. The zero-order chi connectivity index (χ0) is 21.4. The molecule has 4 aromatic rings. The van der Waals surface area contributed by atoms with Crippen molar-refractivity contribution in [2.45, 2.75) is 18.9 Å². The van der Waals surface area contributed by atoms with Gasteiger partial charge in [0.2, 0.25) is 0 Å². The van der Waals surface area contributed by atoms with Crippen molar-refractivity contribution in [3.63, 3.8) is 0 Å². The molecule has 1 aliphatic rings. The summed E-state index contributed by atoms with van der Waals surface area (Å²) >= 11 is 0. The molecule has 2 aromatic heterocycles. The average Bonchev–Trinajstić information content (AvgIpc) is 3.20. The number of benzene rings is 2. The second kappa shape index (κ2) is 7.92. The molecule has 2 aromatic carbocycles. The highest BCUT2D eigenvalue weighted by atomic mass is 16.5. The minimum Gasteiger partial charge on any atom is -0.484 e. The van der Waals surface area contributed by atoms with Crippen LogP contribution in [0.4, 0.5) is 0 Å². The molecule has 1 aliphatic heterocycles. The zero-order valence-electron chi connectivity index (χ0n) is 17.1. The number of aromatic amines is 2. The number of pyridine rings is 1. The fourth-order valence-corrected chi connectivity index (χ4v) is 4.08. The largest absolute Gasteiger partial charge is 0.484 e. The van der Waals surface area contributed by atoms with Crippen molar-refractivity contribution >= 4 is 27.7 Å². The SMILES string of the molecule is NC1CCN(C(=O)COc2ccc3[nH]c(-c4cc5ccccc5[nH]c4=O)cc3c2)CC1. The predicted octanol–water partition coefficient (Wildman–Crippen LogP) is 3.00. The van der Waals surface area contributed by atoms with E-state index in [0.717, 1.165) is 40.3 Å². The van der Waals surface area contributed by atoms with E-state index in [1.54, 1.807) is 0 Å². The Morgan fingerprint density at radius 3 is 2.61 bits per heavy atom. The molecule has 1 saturated heterocycles. The first-order valence-corrected chi connectivity index (χ1v) is 10.5. The summed E-state index contributed by atoms with van der Waals surface area (Å²) in [4.78, 5) is 33.0. The first-order chi connectivity index (χ1) is 15.1. The summed E-state index contributed by atoms with van der Waals surface area (Å²) in [5.41, 5.74) is 8.78. The van der Waals surface area contributed by atoms with Crippen LogP contribution in [0.3, 0.4) is 0 Å². The number of piperidine rings is 1. The first-order valence-electron chi connectivity index (χ1n) is 10.5. The third-order valence-electron chi connectivity index (χ3n) is 5.89. The monoisotopic (exact) mass is 416 g/mol. The number of aromatic nitrogens is 2. The third-order valence-corrected chi connectivity index (χ3v) is 5.89. The molecule has 0 unspecified atom stereocenters. The fraction of sp³-hybridized carbons (Fsp3) is 0.250. The molecule has 7 nitrogen and oxygen atoms in total. The second-order valence-corrected chi connectivity index (χ2v) is 8.04. The van der Waals surface area contributed by atoms with Crippen LogP contribution in [-0.4, -0.2) is 46.5 Å². The molecular weight excluding hydrogens is 392 g/mol. The van der Waals surface area contributed by atoms with Crippen LogP contribution in [0.25, 0.3) is 33.1 Å². The van der Waals surface area contributed by atoms with E-state index >= 15 is 0 Å². The van der Waals surface area contributed by atoms with Gasteiger partial charge in [-0.05, 0) is 54.6 Å². The number of ether oxygens (including phenoxy) is 1. The Hall–Kier alpha value is -3.58. The number of nitrogens with two attached hydrogens (primary N) is 1. The van der Waals surface area contributed by atoms with Crippen molar-refractivity contribution in [1.29, 1.82) is 0 Å². The summed E-state index contributed by atoms with van der Waals surface area (Å²) in [7, 11) is 0. The van der Waals surface area contributed by atoms with Gasteiger partial charge in [0.05, 0.1) is 11.3 Å². The summed E-state index contributed by atoms with van der Waals surface area (Å²) < 4.78 is 5.75. The van der Waals surface area contributed by atoms with Gasteiger partial charge in [-0.2, -0.15) is 0 Å². The molecule has 5 rings (SSSR count). The van der Waals surface area contributed by atoms with Crippen molar-refractivity contribution in [2.75, 3.05) is 19.7 Å². The standard InChI is InChI=1S/C24H24N4O3/c25-17-7-9-28(10-8-17)23(29)14-31-18-5-6-21-16(11-18)13-22(26-21)19-12-15-3-1-2-4-20(15)27-24(19)30/h1-6,11-13,17,26H,7-10,14,25H2,(H,27,30). The Morgan fingerprint density at radius 2 is 1.77 bits per heavy atom. The highest BCUT2D eigenvalue weighted by molar-refractivity contribution is 5.89. The predicted molar refractivity (Wildman–Crippen MR) is 121 cm³/mol. The summed E-state index contributed by atoms with van der Waals surface area (Å²) in [6.45, 7) is 1.37. The van der Waals surface area contributed by atoms with Gasteiger partial charge in [-0.15, -0.1) is 0 Å². The minimum atomic E-state index is -0.145. The highest BCUT2D eigenvalue weighted by Crippen LogP contribution is 2.27. The average molecular weight is 416 g/mol. The van der Waals surface area contributed by atoms with Crippen molar-refractivity contribution in [3.05, 3.63) is 65.0 Å². The van der Waals surface area contributed by atoms with E-state index in [0.29, 0.717) is 24.4 Å². The third kappa shape index (κ3) is 3.92. The fourth-order valence-electron chi connectivity index (χ4n) is 4.08. The van der Waals surface area contributed by atoms with Crippen molar-refractivity contribution < 1.29 is 9.53 Å². The smallest absolute Gasteiger partial charge is 0.260 e. The second-order valence-electron chi connectivity index (χ2n) is 8.04. The maximum absolute atomic E-state index is 12.6. The summed E-state index contributed by atoms with van der Waals surface area (Å²) in [6, 6.07) is 17.3. The Balaban J connectivity index is 1.35. The summed E-state index contributed by atoms with van der Waals surface area (Å²) in [6.07, 6.45) is 1.66. The molecule has 0 atom stereocenters. The normalized spacial score (nSPS) is 14.9. The molecule has 0 saturated carbocycles. The van der Waals surface area contributed by atoms with Crippen LogP contribution in [0.15, 0.2) is 59.4 Å². The maximum Gasteiger partial charge on any atom is 0.260 e. The lowest BCUT2D eigenvalue weighted by Gasteiger charge is -2.30. The molecule has 1 amide bonds. The Kier molecular flexibility index (Phi) is 4.95. The number of fused-ring (bicyclic) bond motifs is 2. The van der Waals surface area contributed by atoms with Crippen LogP contribution in [0.5, 0.6) is 5.75 Å². The number of nitrogens with one attached hydrogen (secondary N) is 2. The maximum atomic E-state index is 12.6. The summed E-state index contributed by atoms with van der Waals surface area (Å²) in [5, 5.41) is 1.88. The highest BCUT2D eigenvalue weighted by Gasteiger charge is 2.20. The topological polar surface area (TPSA) is 104 Å². The number of carbonyl (C=O) groups excluding carboxylic acids is 1. The molecule has 0 bridgehead atoms. The van der Waals surface area contributed by atoms with Crippen molar-refractivity contribution in [2.24, 2.45) is 5.73 Å². The van der Waals surface area contributed by atoms with Crippen LogP contribution in [0, 0.1) is 0 Å². The van der Waals surface area contributed by atoms with Crippen molar-refractivity contribution in [1.82, 2.24) is 14.9 Å². The van der Waals surface area contributed by atoms with Gasteiger partial charge in [0.1, 0.15) is 5.75 Å². The van der Waals surface area contributed by atoms with Crippen LogP contribution in [0.2, 0.25) is 0 Å². The van der Waals surface area contributed by atoms with Gasteiger partial charge in [0.15, 0.2) is 6.61 Å². The molecule has 1 fully saturated rings. The first kappa shape index (κ1) is 19.4. The van der Waals surface area contributed by atoms with Crippen LogP contribution in [0.1, 0.15) is 12.8 Å². The number of likely N-dealkylation sites (tertiary alicyclic amines) is 1. The van der Waals surface area contributed by atoms with Gasteiger partial charge < -0.3 is 25.3 Å². The van der Waals surface area contributed by atoms with Gasteiger partial charge in [-0.1, -0.05) is 18.2 Å². The number of para-hydroxylation sites is 1. The lowest BCUT2D eigenvalue weighted by atomic mass is 10.1. The molecule has 0 radical (unpaired) electrons. The van der Waals surface area contributed by atoms with Gasteiger partial charge in [0.25, 0.3) is 11.5 Å². The van der Waals surface area contributed by atoms with E-state index in [4.69, 9.17) is 10.5 Å². The number of rotatable bonds is 4. The zero-order valence-corrected chi connectivity index (χ0v) is 17.1. The van der Waals surface area contributed by atoms with E-state index in [-0.39, 0.29) is 24.1 Å². The number of H-pyrrole nitrogens is 2. The van der Waals surface area contributed by atoms with E-state index < -0.39 is 0 Å². The molecule has 0 aliphatic carbocycles. The van der Waals surface area contributed by atoms with Gasteiger partial charge >= 0.3 is 0 Å². The lowest BCUT2D eigenvalue weighted by Crippen LogP contribution is -2.44. The lowest BCUT2D eigenvalue weighted by molar-refractivity contribution is -0.134. The quantitative estimate of drug-likeness (QED) is 0.476. The number of amides is 1. The van der Waals surface area contributed by atoms with E-state index in [1.165, 1.54) is 0 Å². The van der Waals surface area contributed by atoms with Crippen LogP contribution >= 0.6 is 0 Å². The number of hydrogen-bond donors (Lipinski definition) is 3. The van der Waals surface area contributed by atoms with Gasteiger partial charge in [-0.25, -0.2) is 0 Å². The molecule has 158 valence electrons. The molecule has 4 N–H and O–H groups in total. The Labute approximate surface area is 178 Å². The number of hydrogen-bond acceptors (Lipinski definition) is 4. The molecule has 3 heterocycles. The van der Waals surface area contributed by atoms with E-state index in [2.05, 4.69) is 9.97 Å². The number of nitrogens with zero attached hydrogens (tertiary/aromatic N) is 1.